The number of hydrogen-bond donors (Lipinski definition) is 1. The molecule has 104 valence electrons. The molecule has 0 aromatic rings. The summed E-state index contributed by atoms with van der Waals surface area (Å²) in [6.07, 6.45) is 4.69. The van der Waals surface area contributed by atoms with Gasteiger partial charge in [0.2, 0.25) is 5.91 Å². The molecule has 0 spiro atoms. The Morgan fingerprint density at radius 1 is 1.28 bits per heavy atom. The van der Waals surface area contributed by atoms with E-state index in [-0.39, 0.29) is 5.91 Å². The highest BCUT2D eigenvalue weighted by molar-refractivity contribution is 5.77. The van der Waals surface area contributed by atoms with Crippen molar-refractivity contribution in [1.29, 1.82) is 0 Å². The Balaban J connectivity index is 2.08. The summed E-state index contributed by atoms with van der Waals surface area (Å²) in [6, 6.07) is 0. The van der Waals surface area contributed by atoms with Crippen LogP contribution in [0.2, 0.25) is 0 Å². The van der Waals surface area contributed by atoms with Gasteiger partial charge in [0, 0.05) is 26.3 Å². The number of piperidine rings is 1. The summed E-state index contributed by atoms with van der Waals surface area (Å²) in [5.74, 6) is 1.06. The summed E-state index contributed by atoms with van der Waals surface area (Å²) in [4.78, 5) is 24.5. The molecule has 0 radical (unpaired) electrons. The molecule has 1 saturated heterocycles. The fourth-order valence-corrected chi connectivity index (χ4v) is 2.38. The molecule has 0 bridgehead atoms. The standard InChI is InChI=1S/C14H26N2O2/c1-3-14(18)5-4-8-16-9-6-13(7-10-16)11-15-12(2)17/h13H,3-11H2,1-2H3,(H,15,17). The SMILES string of the molecule is CCC(=O)CCCN1CCC(CNC(C)=O)CC1. The molecule has 1 heterocycles. The minimum atomic E-state index is 0.0653. The number of rotatable bonds is 7. The van der Waals surface area contributed by atoms with Crippen LogP contribution in [-0.4, -0.2) is 42.8 Å². The maximum atomic E-state index is 11.2. The van der Waals surface area contributed by atoms with Gasteiger partial charge in [-0.25, -0.2) is 0 Å². The molecule has 1 aliphatic rings. The summed E-state index contributed by atoms with van der Waals surface area (Å²) in [7, 11) is 0. The first-order valence-electron chi connectivity index (χ1n) is 7.10. The van der Waals surface area contributed by atoms with Crippen molar-refractivity contribution in [3.05, 3.63) is 0 Å². The van der Waals surface area contributed by atoms with E-state index in [2.05, 4.69) is 10.2 Å². The Hall–Kier alpha value is -0.900. The lowest BCUT2D eigenvalue weighted by Crippen LogP contribution is -2.38. The first-order valence-corrected chi connectivity index (χ1v) is 7.10. The van der Waals surface area contributed by atoms with Gasteiger partial charge in [-0.2, -0.15) is 0 Å². The molecular weight excluding hydrogens is 228 g/mol. The summed E-state index contributed by atoms with van der Waals surface area (Å²) in [5, 5.41) is 2.89. The normalized spacial score (nSPS) is 17.7. The zero-order chi connectivity index (χ0) is 13.4. The van der Waals surface area contributed by atoms with Gasteiger partial charge in [-0.15, -0.1) is 0 Å². The van der Waals surface area contributed by atoms with Gasteiger partial charge in [-0.3, -0.25) is 9.59 Å². The van der Waals surface area contributed by atoms with Gasteiger partial charge in [0.05, 0.1) is 0 Å². The highest BCUT2D eigenvalue weighted by Crippen LogP contribution is 2.16. The van der Waals surface area contributed by atoms with Crippen LogP contribution in [0.3, 0.4) is 0 Å². The fraction of sp³-hybridized carbons (Fsp3) is 0.857. The third kappa shape index (κ3) is 6.15. The van der Waals surface area contributed by atoms with E-state index in [0.29, 0.717) is 18.1 Å². The second-order valence-electron chi connectivity index (χ2n) is 5.22. The molecule has 1 fully saturated rings. The highest BCUT2D eigenvalue weighted by atomic mass is 16.1. The second-order valence-corrected chi connectivity index (χ2v) is 5.22. The van der Waals surface area contributed by atoms with Gasteiger partial charge in [0.25, 0.3) is 0 Å². The third-order valence-electron chi connectivity index (χ3n) is 3.67. The minimum Gasteiger partial charge on any atom is -0.356 e. The van der Waals surface area contributed by atoms with Crippen LogP contribution in [0.25, 0.3) is 0 Å². The number of Topliss-reactive ketones (excluding diaryl/α,β-unsaturated/α-hetero) is 1. The maximum absolute atomic E-state index is 11.2. The van der Waals surface area contributed by atoms with Crippen molar-refractivity contribution < 1.29 is 9.59 Å². The molecule has 18 heavy (non-hydrogen) atoms. The summed E-state index contributed by atoms with van der Waals surface area (Å²) < 4.78 is 0. The quantitative estimate of drug-likeness (QED) is 0.750. The Morgan fingerprint density at radius 2 is 1.94 bits per heavy atom. The summed E-state index contributed by atoms with van der Waals surface area (Å²) in [6.45, 7) is 7.56. The van der Waals surface area contributed by atoms with E-state index in [1.54, 1.807) is 6.92 Å². The molecule has 1 amide bonds. The molecule has 1 rings (SSSR count). The monoisotopic (exact) mass is 254 g/mol. The van der Waals surface area contributed by atoms with E-state index in [0.717, 1.165) is 51.9 Å². The Bertz CT molecular complexity index is 271. The Labute approximate surface area is 110 Å². The topological polar surface area (TPSA) is 49.4 Å². The van der Waals surface area contributed by atoms with Crippen molar-refractivity contribution in [3.63, 3.8) is 0 Å². The molecule has 1 N–H and O–H groups in total. The van der Waals surface area contributed by atoms with Gasteiger partial charge in [-0.1, -0.05) is 6.92 Å². The lowest BCUT2D eigenvalue weighted by atomic mass is 9.96. The van der Waals surface area contributed by atoms with Crippen LogP contribution in [-0.2, 0) is 9.59 Å². The van der Waals surface area contributed by atoms with Crippen molar-refractivity contribution >= 4 is 11.7 Å². The first kappa shape index (κ1) is 15.2. The van der Waals surface area contributed by atoms with Crippen LogP contribution in [0.15, 0.2) is 0 Å². The Morgan fingerprint density at radius 3 is 2.50 bits per heavy atom. The predicted molar refractivity (Wildman–Crippen MR) is 72.4 cm³/mol. The number of nitrogens with one attached hydrogen (secondary N) is 1. The van der Waals surface area contributed by atoms with Crippen LogP contribution >= 0.6 is 0 Å². The van der Waals surface area contributed by atoms with E-state index in [4.69, 9.17) is 0 Å². The van der Waals surface area contributed by atoms with E-state index < -0.39 is 0 Å². The maximum Gasteiger partial charge on any atom is 0.216 e. The number of ketones is 1. The summed E-state index contributed by atoms with van der Waals surface area (Å²) in [5.41, 5.74) is 0. The number of amides is 1. The molecular formula is C14H26N2O2. The van der Waals surface area contributed by atoms with Crippen molar-refractivity contribution in [2.24, 2.45) is 5.92 Å². The van der Waals surface area contributed by atoms with Crippen LogP contribution in [0, 0.1) is 5.92 Å². The van der Waals surface area contributed by atoms with Crippen molar-refractivity contribution in [1.82, 2.24) is 10.2 Å². The Kier molecular flexibility index (Phi) is 6.94. The van der Waals surface area contributed by atoms with Crippen LogP contribution in [0.1, 0.15) is 46.0 Å². The van der Waals surface area contributed by atoms with E-state index in [1.165, 1.54) is 0 Å². The zero-order valence-corrected chi connectivity index (χ0v) is 11.7. The van der Waals surface area contributed by atoms with Gasteiger partial charge < -0.3 is 10.2 Å². The lowest BCUT2D eigenvalue weighted by Gasteiger charge is -2.31. The highest BCUT2D eigenvalue weighted by Gasteiger charge is 2.18. The van der Waals surface area contributed by atoms with Crippen molar-refractivity contribution in [2.45, 2.75) is 46.0 Å². The molecule has 0 aromatic carbocycles. The average molecular weight is 254 g/mol. The van der Waals surface area contributed by atoms with Gasteiger partial charge in [0.15, 0.2) is 0 Å². The molecule has 4 nitrogen and oxygen atoms in total. The van der Waals surface area contributed by atoms with Crippen LogP contribution in [0.4, 0.5) is 0 Å². The van der Waals surface area contributed by atoms with E-state index >= 15 is 0 Å². The average Bonchev–Trinajstić information content (AvgIpc) is 2.37. The van der Waals surface area contributed by atoms with E-state index in [9.17, 15) is 9.59 Å². The first-order chi connectivity index (χ1) is 8.61. The molecule has 1 aliphatic heterocycles. The minimum absolute atomic E-state index is 0.0653. The summed E-state index contributed by atoms with van der Waals surface area (Å²) >= 11 is 0. The van der Waals surface area contributed by atoms with Crippen molar-refractivity contribution in [2.75, 3.05) is 26.2 Å². The number of likely N-dealkylation sites (tertiary alicyclic amines) is 1. The zero-order valence-electron chi connectivity index (χ0n) is 11.7. The van der Waals surface area contributed by atoms with Gasteiger partial charge >= 0.3 is 0 Å². The lowest BCUT2D eigenvalue weighted by molar-refractivity contribution is -0.119. The van der Waals surface area contributed by atoms with Gasteiger partial charge in [0.1, 0.15) is 5.78 Å². The number of carbonyl (C=O) groups excluding carboxylic acids is 2. The third-order valence-corrected chi connectivity index (χ3v) is 3.67. The number of hydrogen-bond acceptors (Lipinski definition) is 3. The van der Waals surface area contributed by atoms with E-state index in [1.807, 2.05) is 6.92 Å². The molecule has 0 unspecified atom stereocenters. The largest absolute Gasteiger partial charge is 0.356 e. The molecule has 0 saturated carbocycles. The number of nitrogens with zero attached hydrogens (tertiary/aromatic N) is 1. The predicted octanol–water partition coefficient (Wildman–Crippen LogP) is 1.59. The van der Waals surface area contributed by atoms with Gasteiger partial charge in [-0.05, 0) is 44.8 Å². The van der Waals surface area contributed by atoms with Crippen molar-refractivity contribution in [3.8, 4) is 0 Å². The smallest absolute Gasteiger partial charge is 0.216 e. The molecule has 0 aromatic heterocycles. The molecule has 4 heteroatoms. The fourth-order valence-electron chi connectivity index (χ4n) is 2.38. The number of carbonyl (C=O) groups is 2. The molecule has 0 aliphatic carbocycles. The van der Waals surface area contributed by atoms with Crippen LogP contribution < -0.4 is 5.32 Å². The molecule has 0 atom stereocenters. The van der Waals surface area contributed by atoms with Crippen LogP contribution in [0.5, 0.6) is 0 Å². The second kappa shape index (κ2) is 8.25.